The van der Waals surface area contributed by atoms with Gasteiger partial charge in [-0.05, 0) is 40.6 Å². The molecule has 5 rings (SSSR count). The predicted molar refractivity (Wildman–Crippen MR) is 121 cm³/mol. The Morgan fingerprint density at radius 2 is 2.03 bits per heavy atom. The van der Waals surface area contributed by atoms with E-state index in [9.17, 15) is 9.59 Å². The fraction of sp³-hybridized carbons (Fsp3) is 0.409. The Morgan fingerprint density at radius 3 is 2.84 bits per heavy atom. The summed E-state index contributed by atoms with van der Waals surface area (Å²) in [5.41, 5.74) is 4.67. The van der Waals surface area contributed by atoms with Crippen LogP contribution in [0.25, 0.3) is 11.6 Å². The molecule has 0 bridgehead atoms. The minimum atomic E-state index is -0.189. The van der Waals surface area contributed by atoms with E-state index in [1.807, 2.05) is 24.0 Å². The van der Waals surface area contributed by atoms with E-state index < -0.39 is 0 Å². The first-order valence-electron chi connectivity index (χ1n) is 10.5. The molecule has 2 N–H and O–H groups in total. The van der Waals surface area contributed by atoms with Crippen LogP contribution < -0.4 is 5.32 Å². The molecule has 5 heterocycles. The van der Waals surface area contributed by atoms with Gasteiger partial charge in [0.1, 0.15) is 5.82 Å². The van der Waals surface area contributed by atoms with Crippen LogP contribution in [0.2, 0.25) is 0 Å². The summed E-state index contributed by atoms with van der Waals surface area (Å²) in [5, 5.41) is 2.80. The zero-order chi connectivity index (χ0) is 21.5. The lowest BCUT2D eigenvalue weighted by atomic mass is 10.0. The van der Waals surface area contributed by atoms with Gasteiger partial charge in [-0.15, -0.1) is 0 Å². The van der Waals surface area contributed by atoms with Gasteiger partial charge in [0, 0.05) is 66.8 Å². The van der Waals surface area contributed by atoms with Crippen LogP contribution in [0.1, 0.15) is 32.9 Å². The number of carbonyl (C=O) groups excluding carboxylic acids is 2. The van der Waals surface area contributed by atoms with Crippen molar-refractivity contribution >= 4 is 45.2 Å². The number of fused-ring (bicyclic) bond motifs is 2. The summed E-state index contributed by atoms with van der Waals surface area (Å²) >= 11 is 3.42. The van der Waals surface area contributed by atoms with Gasteiger partial charge < -0.3 is 19.9 Å². The molecule has 0 saturated carbocycles. The second kappa shape index (κ2) is 8.22. The number of nitrogens with zero attached hydrogens (tertiary/aromatic N) is 3. The van der Waals surface area contributed by atoms with Crippen LogP contribution in [0.15, 0.2) is 16.7 Å². The molecule has 31 heavy (non-hydrogen) atoms. The minimum absolute atomic E-state index is 0.0635. The number of hydrogen-bond donors (Lipinski definition) is 2. The van der Waals surface area contributed by atoms with Crippen molar-refractivity contribution in [1.82, 2.24) is 19.8 Å². The summed E-state index contributed by atoms with van der Waals surface area (Å²) in [7, 11) is 0. The first-order chi connectivity index (χ1) is 15.0. The number of carbonyl (C=O) groups is 2. The van der Waals surface area contributed by atoms with Crippen LogP contribution >= 0.6 is 15.9 Å². The average molecular weight is 486 g/mol. The number of hydrogen-bond acceptors (Lipinski definition) is 5. The van der Waals surface area contributed by atoms with Crippen molar-refractivity contribution in [2.45, 2.75) is 13.3 Å². The van der Waals surface area contributed by atoms with Gasteiger partial charge >= 0.3 is 0 Å². The number of aromatic nitrogens is 2. The summed E-state index contributed by atoms with van der Waals surface area (Å²) < 4.78 is 6.21. The monoisotopic (exact) mass is 485 g/mol. The Balaban J connectivity index is 1.39. The summed E-state index contributed by atoms with van der Waals surface area (Å²) in [4.78, 5) is 37.7. The van der Waals surface area contributed by atoms with Crippen molar-refractivity contribution < 1.29 is 14.3 Å². The van der Waals surface area contributed by atoms with Crippen molar-refractivity contribution in [3.05, 3.63) is 44.8 Å². The van der Waals surface area contributed by atoms with E-state index >= 15 is 0 Å². The number of rotatable bonds is 4. The molecule has 2 aromatic heterocycles. The van der Waals surface area contributed by atoms with Gasteiger partial charge in [0.25, 0.3) is 11.8 Å². The van der Waals surface area contributed by atoms with Gasteiger partial charge in [0.05, 0.1) is 24.4 Å². The number of pyridine rings is 1. The second-order valence-corrected chi connectivity index (χ2v) is 8.99. The minimum Gasteiger partial charge on any atom is -0.379 e. The summed E-state index contributed by atoms with van der Waals surface area (Å²) in [5.74, 6) is 0.429. The van der Waals surface area contributed by atoms with Crippen LogP contribution in [0, 0.1) is 6.92 Å². The maximum Gasteiger partial charge on any atom is 0.257 e. The molecule has 2 aromatic rings. The Hall–Kier alpha value is -2.49. The van der Waals surface area contributed by atoms with Crippen LogP contribution in [-0.2, 0) is 16.0 Å². The lowest BCUT2D eigenvalue weighted by Crippen LogP contribution is -2.45. The normalized spacial score (nSPS) is 20.2. The number of H-pyrrole nitrogens is 1. The average Bonchev–Trinajstić information content (AvgIpc) is 3.25. The van der Waals surface area contributed by atoms with E-state index in [1.54, 1.807) is 6.20 Å². The van der Waals surface area contributed by atoms with Crippen LogP contribution in [0.3, 0.4) is 0 Å². The SMILES string of the molecule is Cc1c(C=C2C(=O)Nc3ncc(Br)cc32)[nH]c2c1C(=O)N(CCN1CCOCC1)CC2. The van der Waals surface area contributed by atoms with Crippen LogP contribution in [0.5, 0.6) is 0 Å². The molecule has 9 heteroatoms. The number of amides is 2. The molecular weight excluding hydrogens is 462 g/mol. The highest BCUT2D eigenvalue weighted by Gasteiger charge is 2.31. The largest absolute Gasteiger partial charge is 0.379 e. The predicted octanol–water partition coefficient (Wildman–Crippen LogP) is 2.30. The quantitative estimate of drug-likeness (QED) is 0.648. The molecule has 8 nitrogen and oxygen atoms in total. The first kappa shape index (κ1) is 20.4. The molecule has 1 saturated heterocycles. The summed E-state index contributed by atoms with van der Waals surface area (Å²) in [6, 6.07) is 1.88. The summed E-state index contributed by atoms with van der Waals surface area (Å²) in [6.07, 6.45) is 4.27. The molecule has 2 amide bonds. The number of nitrogens with one attached hydrogen (secondary N) is 2. The molecular formula is C22H24BrN5O3. The lowest BCUT2D eigenvalue weighted by Gasteiger charge is -2.32. The van der Waals surface area contributed by atoms with E-state index in [-0.39, 0.29) is 11.8 Å². The van der Waals surface area contributed by atoms with Gasteiger partial charge in [0.2, 0.25) is 0 Å². The zero-order valence-corrected chi connectivity index (χ0v) is 18.9. The van der Waals surface area contributed by atoms with E-state index in [2.05, 4.69) is 36.1 Å². The highest BCUT2D eigenvalue weighted by molar-refractivity contribution is 9.10. The second-order valence-electron chi connectivity index (χ2n) is 8.08. The molecule has 0 radical (unpaired) electrons. The number of anilines is 1. The molecule has 0 aromatic carbocycles. The van der Waals surface area contributed by atoms with Gasteiger partial charge in [0.15, 0.2) is 0 Å². The van der Waals surface area contributed by atoms with Gasteiger partial charge in [-0.3, -0.25) is 14.5 Å². The lowest BCUT2D eigenvalue weighted by molar-refractivity contribution is -0.110. The fourth-order valence-electron chi connectivity index (χ4n) is 4.44. The maximum atomic E-state index is 13.2. The third-order valence-corrected chi connectivity index (χ3v) is 6.63. The molecule has 0 unspecified atom stereocenters. The Bertz CT molecular complexity index is 1090. The molecule has 0 spiro atoms. The number of ether oxygens (including phenoxy) is 1. The van der Waals surface area contributed by atoms with E-state index in [1.165, 1.54) is 0 Å². The topological polar surface area (TPSA) is 90.6 Å². The van der Waals surface area contributed by atoms with Crippen molar-refractivity contribution in [2.24, 2.45) is 0 Å². The Labute approximate surface area is 188 Å². The molecule has 0 aliphatic carbocycles. The van der Waals surface area contributed by atoms with Gasteiger partial charge in [-0.2, -0.15) is 0 Å². The number of aromatic amines is 1. The fourth-order valence-corrected chi connectivity index (χ4v) is 4.77. The highest BCUT2D eigenvalue weighted by Crippen LogP contribution is 2.34. The van der Waals surface area contributed by atoms with Crippen molar-refractivity contribution in [1.29, 1.82) is 0 Å². The Morgan fingerprint density at radius 1 is 1.23 bits per heavy atom. The number of halogens is 1. The highest BCUT2D eigenvalue weighted by atomic mass is 79.9. The Kier molecular flexibility index (Phi) is 5.41. The molecule has 0 atom stereocenters. The van der Waals surface area contributed by atoms with Crippen molar-refractivity contribution in [3.63, 3.8) is 0 Å². The molecule has 162 valence electrons. The summed E-state index contributed by atoms with van der Waals surface area (Å²) in [6.45, 7) is 7.58. The van der Waals surface area contributed by atoms with Gasteiger partial charge in [-0.1, -0.05) is 0 Å². The van der Waals surface area contributed by atoms with E-state index in [4.69, 9.17) is 4.74 Å². The number of morpholine rings is 1. The third-order valence-electron chi connectivity index (χ3n) is 6.20. The first-order valence-corrected chi connectivity index (χ1v) is 11.3. The van der Waals surface area contributed by atoms with E-state index in [0.29, 0.717) is 17.9 Å². The molecule has 3 aliphatic heterocycles. The van der Waals surface area contributed by atoms with Gasteiger partial charge in [-0.25, -0.2) is 4.98 Å². The van der Waals surface area contributed by atoms with E-state index in [0.717, 1.165) is 78.4 Å². The standard InChI is InChI=1S/C22H24BrN5O3/c1-13-18(11-16-15-10-14(23)12-24-20(15)26-21(16)29)25-17-2-3-28(22(30)19(13)17)5-4-27-6-8-31-9-7-27/h10-12,25H,2-9H2,1H3,(H,24,26,29). The molecule has 1 fully saturated rings. The zero-order valence-electron chi connectivity index (χ0n) is 17.3. The smallest absolute Gasteiger partial charge is 0.257 e. The van der Waals surface area contributed by atoms with Crippen LogP contribution in [0.4, 0.5) is 5.82 Å². The molecule has 3 aliphatic rings. The maximum absolute atomic E-state index is 13.2. The van der Waals surface area contributed by atoms with Crippen molar-refractivity contribution in [3.8, 4) is 0 Å². The van der Waals surface area contributed by atoms with Crippen LogP contribution in [-0.4, -0.2) is 77.5 Å². The third kappa shape index (κ3) is 3.81. The van der Waals surface area contributed by atoms with Crippen molar-refractivity contribution in [2.75, 3.05) is 51.3 Å².